The third kappa shape index (κ3) is 8.00. The van der Waals surface area contributed by atoms with Gasteiger partial charge in [-0.25, -0.2) is 9.18 Å². The molecule has 0 aliphatic carbocycles. The lowest BCUT2D eigenvalue weighted by atomic mass is 10.1. The molecule has 0 aliphatic rings. The molecule has 3 N–H and O–H groups in total. The van der Waals surface area contributed by atoms with Crippen molar-refractivity contribution in [1.29, 1.82) is 0 Å². The molecule has 0 aromatic heterocycles. The van der Waals surface area contributed by atoms with Gasteiger partial charge in [-0.2, -0.15) is 0 Å². The van der Waals surface area contributed by atoms with E-state index >= 15 is 0 Å². The first-order chi connectivity index (χ1) is 13.6. The molecule has 0 aliphatic heterocycles. The number of hydrogen-bond acceptors (Lipinski definition) is 4. The molecule has 0 saturated carbocycles. The molecule has 0 fully saturated rings. The quantitative estimate of drug-likeness (QED) is 0.692. The summed E-state index contributed by atoms with van der Waals surface area (Å²) >= 11 is 0. The standard InChI is InChI=1S/C21H24FN3O4/c1-21(2,3)29-20(28)24-13-18(26)23-12-14-7-9-17(10-8-14)25-19(27)15-5-4-6-16(22)11-15/h4-11H,12-13H2,1-3H3,(H,23,26)(H,24,28)(H,25,27). The number of hydrogen-bond donors (Lipinski definition) is 3. The van der Waals surface area contributed by atoms with Gasteiger partial charge < -0.3 is 20.7 Å². The van der Waals surface area contributed by atoms with Gasteiger partial charge in [-0.3, -0.25) is 9.59 Å². The highest BCUT2D eigenvalue weighted by atomic mass is 19.1. The van der Waals surface area contributed by atoms with Crippen LogP contribution in [-0.4, -0.2) is 30.1 Å². The van der Waals surface area contributed by atoms with Gasteiger partial charge in [-0.15, -0.1) is 0 Å². The van der Waals surface area contributed by atoms with Crippen LogP contribution in [0.5, 0.6) is 0 Å². The summed E-state index contributed by atoms with van der Waals surface area (Å²) in [6.45, 7) is 5.26. The molecule has 0 spiro atoms. The third-order valence-electron chi connectivity index (χ3n) is 3.58. The van der Waals surface area contributed by atoms with Gasteiger partial charge in [0.2, 0.25) is 5.91 Å². The van der Waals surface area contributed by atoms with E-state index in [1.165, 1.54) is 18.2 Å². The maximum Gasteiger partial charge on any atom is 0.408 e. The number of carbonyl (C=O) groups is 3. The predicted molar refractivity (Wildman–Crippen MR) is 107 cm³/mol. The van der Waals surface area contributed by atoms with Gasteiger partial charge in [-0.1, -0.05) is 18.2 Å². The summed E-state index contributed by atoms with van der Waals surface area (Å²) in [6, 6.07) is 12.2. The molecule has 0 radical (unpaired) electrons. The van der Waals surface area contributed by atoms with E-state index in [0.717, 1.165) is 11.6 Å². The summed E-state index contributed by atoms with van der Waals surface area (Å²) in [5.41, 5.74) is 0.936. The number of nitrogens with one attached hydrogen (secondary N) is 3. The van der Waals surface area contributed by atoms with Gasteiger partial charge in [0.15, 0.2) is 0 Å². The lowest BCUT2D eigenvalue weighted by Crippen LogP contribution is -2.39. The Morgan fingerprint density at radius 1 is 1.00 bits per heavy atom. The van der Waals surface area contributed by atoms with Gasteiger partial charge in [0.1, 0.15) is 18.0 Å². The van der Waals surface area contributed by atoms with Gasteiger partial charge in [-0.05, 0) is 56.7 Å². The second-order valence-electron chi connectivity index (χ2n) is 7.29. The summed E-state index contributed by atoms with van der Waals surface area (Å²) in [4.78, 5) is 35.4. The first-order valence-corrected chi connectivity index (χ1v) is 9.02. The molecule has 8 heteroatoms. The zero-order valence-corrected chi connectivity index (χ0v) is 16.5. The Balaban J connectivity index is 1.78. The van der Waals surface area contributed by atoms with E-state index in [2.05, 4.69) is 16.0 Å². The lowest BCUT2D eigenvalue weighted by Gasteiger charge is -2.19. The summed E-state index contributed by atoms with van der Waals surface area (Å²) in [5, 5.41) is 7.72. The highest BCUT2D eigenvalue weighted by Crippen LogP contribution is 2.12. The largest absolute Gasteiger partial charge is 0.444 e. The minimum Gasteiger partial charge on any atom is -0.444 e. The van der Waals surface area contributed by atoms with Crippen molar-refractivity contribution in [1.82, 2.24) is 10.6 Å². The molecule has 3 amide bonds. The normalized spacial score (nSPS) is 10.8. The Morgan fingerprint density at radius 2 is 1.69 bits per heavy atom. The van der Waals surface area contributed by atoms with Crippen LogP contribution in [0.25, 0.3) is 0 Å². The Bertz CT molecular complexity index is 876. The minimum atomic E-state index is -0.661. The Labute approximate surface area is 168 Å². The van der Waals surface area contributed by atoms with E-state index in [-0.39, 0.29) is 24.6 Å². The van der Waals surface area contributed by atoms with E-state index in [4.69, 9.17) is 4.74 Å². The number of alkyl carbamates (subject to hydrolysis) is 1. The van der Waals surface area contributed by atoms with Crippen molar-refractivity contribution in [3.63, 3.8) is 0 Å². The first kappa shape index (κ1) is 21.9. The van der Waals surface area contributed by atoms with Crippen LogP contribution in [-0.2, 0) is 16.1 Å². The number of ether oxygens (including phenoxy) is 1. The smallest absolute Gasteiger partial charge is 0.408 e. The van der Waals surface area contributed by atoms with E-state index in [0.29, 0.717) is 5.69 Å². The molecular weight excluding hydrogens is 377 g/mol. The number of benzene rings is 2. The van der Waals surface area contributed by atoms with Crippen molar-refractivity contribution in [2.45, 2.75) is 32.9 Å². The van der Waals surface area contributed by atoms with Crippen LogP contribution < -0.4 is 16.0 Å². The molecule has 0 heterocycles. The molecule has 0 atom stereocenters. The summed E-state index contributed by atoms with van der Waals surface area (Å²) < 4.78 is 18.2. The molecule has 154 valence electrons. The molecule has 2 rings (SSSR count). The Kier molecular flexibility index (Phi) is 7.30. The van der Waals surface area contributed by atoms with Crippen LogP contribution in [0, 0.1) is 5.82 Å². The monoisotopic (exact) mass is 401 g/mol. The van der Waals surface area contributed by atoms with Crippen LogP contribution in [0.15, 0.2) is 48.5 Å². The Hall–Kier alpha value is -3.42. The predicted octanol–water partition coefficient (Wildman–Crippen LogP) is 3.22. The average Bonchev–Trinajstić information content (AvgIpc) is 2.64. The first-order valence-electron chi connectivity index (χ1n) is 9.02. The molecule has 0 saturated heterocycles. The number of anilines is 1. The van der Waals surface area contributed by atoms with E-state index in [9.17, 15) is 18.8 Å². The maximum absolute atomic E-state index is 13.2. The van der Waals surface area contributed by atoms with E-state index in [1.54, 1.807) is 45.0 Å². The van der Waals surface area contributed by atoms with Crippen LogP contribution in [0.2, 0.25) is 0 Å². The molecule has 7 nitrogen and oxygen atoms in total. The lowest BCUT2D eigenvalue weighted by molar-refractivity contribution is -0.120. The van der Waals surface area contributed by atoms with Gasteiger partial charge in [0.25, 0.3) is 5.91 Å². The average molecular weight is 401 g/mol. The van der Waals surface area contributed by atoms with Gasteiger partial charge in [0, 0.05) is 17.8 Å². The number of halogens is 1. The van der Waals surface area contributed by atoms with Crippen molar-refractivity contribution in [3.05, 3.63) is 65.5 Å². The van der Waals surface area contributed by atoms with Crippen LogP contribution in [0.1, 0.15) is 36.7 Å². The van der Waals surface area contributed by atoms with Gasteiger partial charge >= 0.3 is 6.09 Å². The second kappa shape index (κ2) is 9.68. The van der Waals surface area contributed by atoms with Crippen molar-refractivity contribution in [3.8, 4) is 0 Å². The Morgan fingerprint density at radius 3 is 2.31 bits per heavy atom. The molecular formula is C21H24FN3O4. The summed E-state index contributed by atoms with van der Waals surface area (Å²) in [6.07, 6.45) is -0.661. The van der Waals surface area contributed by atoms with Crippen LogP contribution >= 0.6 is 0 Å². The summed E-state index contributed by atoms with van der Waals surface area (Å²) in [7, 11) is 0. The third-order valence-corrected chi connectivity index (χ3v) is 3.58. The van der Waals surface area contributed by atoms with Crippen molar-refractivity contribution < 1.29 is 23.5 Å². The molecule has 29 heavy (non-hydrogen) atoms. The zero-order valence-electron chi connectivity index (χ0n) is 16.5. The van der Waals surface area contributed by atoms with E-state index < -0.39 is 23.4 Å². The minimum absolute atomic E-state index is 0.198. The maximum atomic E-state index is 13.2. The van der Waals surface area contributed by atoms with Crippen LogP contribution in [0.3, 0.4) is 0 Å². The zero-order chi connectivity index (χ0) is 21.4. The van der Waals surface area contributed by atoms with Crippen molar-refractivity contribution >= 4 is 23.6 Å². The molecule has 2 aromatic rings. The van der Waals surface area contributed by atoms with E-state index in [1.807, 2.05) is 0 Å². The van der Waals surface area contributed by atoms with Crippen LogP contribution in [0.4, 0.5) is 14.9 Å². The second-order valence-corrected chi connectivity index (χ2v) is 7.29. The fourth-order valence-electron chi connectivity index (χ4n) is 2.27. The highest BCUT2D eigenvalue weighted by molar-refractivity contribution is 6.04. The topological polar surface area (TPSA) is 96.5 Å². The molecule has 2 aromatic carbocycles. The SMILES string of the molecule is CC(C)(C)OC(=O)NCC(=O)NCc1ccc(NC(=O)c2cccc(F)c2)cc1. The number of amides is 3. The highest BCUT2D eigenvalue weighted by Gasteiger charge is 2.16. The fraction of sp³-hybridized carbons (Fsp3) is 0.286. The van der Waals surface area contributed by atoms with Crippen molar-refractivity contribution in [2.75, 3.05) is 11.9 Å². The molecule has 0 unspecified atom stereocenters. The van der Waals surface area contributed by atoms with Crippen molar-refractivity contribution in [2.24, 2.45) is 0 Å². The fourth-order valence-corrected chi connectivity index (χ4v) is 2.27. The summed E-state index contributed by atoms with van der Waals surface area (Å²) in [5.74, 6) is -1.26. The number of carbonyl (C=O) groups excluding carboxylic acids is 3. The number of rotatable bonds is 6. The molecule has 0 bridgehead atoms. The van der Waals surface area contributed by atoms with Gasteiger partial charge in [0.05, 0.1) is 0 Å².